The van der Waals surface area contributed by atoms with Crippen LogP contribution in [-0.2, 0) is 0 Å². The molecule has 1 aromatic carbocycles. The molecule has 0 fully saturated rings. The van der Waals surface area contributed by atoms with Crippen molar-refractivity contribution >= 4 is 32.9 Å². The summed E-state index contributed by atoms with van der Waals surface area (Å²) in [4.78, 5) is 22.4. The van der Waals surface area contributed by atoms with Crippen LogP contribution in [0.25, 0.3) is 10.2 Å². The molecule has 0 amide bonds. The van der Waals surface area contributed by atoms with E-state index in [1.165, 1.54) is 11.3 Å². The van der Waals surface area contributed by atoms with Crippen molar-refractivity contribution in [2.45, 2.75) is 19.9 Å². The number of hydrogen-bond acceptors (Lipinski definition) is 6. The molecule has 0 saturated carbocycles. The predicted molar refractivity (Wildman–Crippen MR) is 81.6 cm³/mol. The first-order valence-electron chi connectivity index (χ1n) is 6.36. The second-order valence-electron chi connectivity index (χ2n) is 4.67. The van der Waals surface area contributed by atoms with E-state index >= 15 is 0 Å². The van der Waals surface area contributed by atoms with Gasteiger partial charge in [0, 0.05) is 18.5 Å². The van der Waals surface area contributed by atoms with Crippen molar-refractivity contribution in [3.8, 4) is 0 Å². The molecule has 0 spiro atoms. The molecule has 0 bridgehead atoms. The zero-order valence-corrected chi connectivity index (χ0v) is 12.3. The van der Waals surface area contributed by atoms with E-state index in [-0.39, 0.29) is 16.7 Å². The Morgan fingerprint density at radius 3 is 2.95 bits per heavy atom. The standard InChI is InChI=1S/C13H13N5O2S/c1-7(13-14-3-4-15-13)16-9-5-10-12(21-8(2)17-10)6-11(9)18(19)20/h3-7,16H,1-2H3,(H,14,15). The van der Waals surface area contributed by atoms with Crippen LogP contribution in [0.4, 0.5) is 11.4 Å². The molecule has 108 valence electrons. The van der Waals surface area contributed by atoms with Crippen molar-refractivity contribution in [1.29, 1.82) is 0 Å². The Kier molecular flexibility index (Phi) is 3.30. The van der Waals surface area contributed by atoms with E-state index in [1.54, 1.807) is 24.5 Å². The minimum Gasteiger partial charge on any atom is -0.370 e. The number of anilines is 1. The number of aromatic nitrogens is 3. The van der Waals surface area contributed by atoms with Crippen LogP contribution in [0.2, 0.25) is 0 Å². The van der Waals surface area contributed by atoms with Gasteiger partial charge in [0.2, 0.25) is 0 Å². The SMILES string of the molecule is Cc1nc2cc(NC(C)c3ncc[nH]3)c([N+](=O)[O-])cc2s1. The van der Waals surface area contributed by atoms with Crippen LogP contribution in [0.3, 0.4) is 0 Å². The fourth-order valence-corrected chi connectivity index (χ4v) is 3.00. The molecule has 2 heterocycles. The number of imidazole rings is 1. The number of nitro benzene ring substituents is 1. The van der Waals surface area contributed by atoms with Gasteiger partial charge in [-0.05, 0) is 19.9 Å². The van der Waals surface area contributed by atoms with Gasteiger partial charge in [0.1, 0.15) is 11.5 Å². The van der Waals surface area contributed by atoms with Crippen molar-refractivity contribution in [2.75, 3.05) is 5.32 Å². The number of aromatic amines is 1. The van der Waals surface area contributed by atoms with E-state index in [2.05, 4.69) is 20.3 Å². The number of hydrogen-bond donors (Lipinski definition) is 2. The molecule has 8 heteroatoms. The minimum atomic E-state index is -0.383. The Bertz CT molecular complexity index is 796. The minimum absolute atomic E-state index is 0.0459. The monoisotopic (exact) mass is 303 g/mol. The number of thiazole rings is 1. The van der Waals surface area contributed by atoms with E-state index in [9.17, 15) is 10.1 Å². The number of nitrogens with zero attached hydrogens (tertiary/aromatic N) is 3. The molecule has 3 rings (SSSR count). The third-order valence-electron chi connectivity index (χ3n) is 3.11. The highest BCUT2D eigenvalue weighted by Gasteiger charge is 2.19. The summed E-state index contributed by atoms with van der Waals surface area (Å²) in [5.74, 6) is 0.721. The van der Waals surface area contributed by atoms with E-state index in [4.69, 9.17) is 0 Å². The molecule has 21 heavy (non-hydrogen) atoms. The summed E-state index contributed by atoms with van der Waals surface area (Å²) in [6, 6.07) is 3.11. The average Bonchev–Trinajstić information content (AvgIpc) is 3.05. The van der Waals surface area contributed by atoms with Gasteiger partial charge in [-0.15, -0.1) is 11.3 Å². The number of fused-ring (bicyclic) bond motifs is 1. The lowest BCUT2D eigenvalue weighted by Gasteiger charge is -2.13. The summed E-state index contributed by atoms with van der Waals surface area (Å²) in [5.41, 5.74) is 1.25. The van der Waals surface area contributed by atoms with Gasteiger partial charge in [-0.1, -0.05) is 0 Å². The van der Waals surface area contributed by atoms with Gasteiger partial charge in [0.15, 0.2) is 0 Å². The smallest absolute Gasteiger partial charge is 0.293 e. The number of nitrogens with one attached hydrogen (secondary N) is 2. The number of aryl methyl sites for hydroxylation is 1. The normalized spacial score (nSPS) is 12.5. The average molecular weight is 303 g/mol. The quantitative estimate of drug-likeness (QED) is 0.568. The van der Waals surface area contributed by atoms with E-state index in [0.29, 0.717) is 5.69 Å². The molecule has 2 N–H and O–H groups in total. The highest BCUT2D eigenvalue weighted by atomic mass is 32.1. The molecule has 2 aromatic heterocycles. The lowest BCUT2D eigenvalue weighted by Crippen LogP contribution is -2.09. The first kappa shape index (κ1) is 13.5. The number of H-pyrrole nitrogens is 1. The number of benzene rings is 1. The van der Waals surface area contributed by atoms with Crippen LogP contribution in [0, 0.1) is 17.0 Å². The largest absolute Gasteiger partial charge is 0.370 e. The third-order valence-corrected chi connectivity index (χ3v) is 4.04. The lowest BCUT2D eigenvalue weighted by atomic mass is 10.2. The molecule has 0 aliphatic carbocycles. The molecular formula is C13H13N5O2S. The van der Waals surface area contributed by atoms with Crippen LogP contribution >= 0.6 is 11.3 Å². The number of rotatable bonds is 4. The van der Waals surface area contributed by atoms with Crippen molar-refractivity contribution in [1.82, 2.24) is 15.0 Å². The summed E-state index contributed by atoms with van der Waals surface area (Å²) in [7, 11) is 0. The van der Waals surface area contributed by atoms with Crippen molar-refractivity contribution in [2.24, 2.45) is 0 Å². The molecule has 0 aliphatic heterocycles. The van der Waals surface area contributed by atoms with Crippen LogP contribution in [-0.4, -0.2) is 19.9 Å². The summed E-state index contributed by atoms with van der Waals surface area (Å²) in [6.45, 7) is 3.77. The summed E-state index contributed by atoms with van der Waals surface area (Å²) < 4.78 is 0.815. The summed E-state index contributed by atoms with van der Waals surface area (Å²) >= 11 is 1.45. The van der Waals surface area contributed by atoms with E-state index in [0.717, 1.165) is 21.0 Å². The maximum atomic E-state index is 11.3. The van der Waals surface area contributed by atoms with Crippen molar-refractivity contribution < 1.29 is 4.92 Å². The topological polar surface area (TPSA) is 96.7 Å². The van der Waals surface area contributed by atoms with Crippen molar-refractivity contribution in [3.63, 3.8) is 0 Å². The zero-order valence-electron chi connectivity index (χ0n) is 11.5. The van der Waals surface area contributed by atoms with Crippen LogP contribution in [0.5, 0.6) is 0 Å². The van der Waals surface area contributed by atoms with E-state index < -0.39 is 0 Å². The van der Waals surface area contributed by atoms with Gasteiger partial charge in [-0.3, -0.25) is 10.1 Å². The maximum absolute atomic E-state index is 11.3. The molecule has 0 saturated heterocycles. The second-order valence-corrected chi connectivity index (χ2v) is 5.90. The summed E-state index contributed by atoms with van der Waals surface area (Å²) in [6.07, 6.45) is 3.36. The molecule has 1 unspecified atom stereocenters. The Balaban J connectivity index is 2.03. The fraction of sp³-hybridized carbons (Fsp3) is 0.231. The molecule has 0 radical (unpaired) electrons. The van der Waals surface area contributed by atoms with E-state index in [1.807, 2.05) is 13.8 Å². The Hall–Kier alpha value is -2.48. The molecule has 3 aromatic rings. The third kappa shape index (κ3) is 2.57. The van der Waals surface area contributed by atoms with Gasteiger partial charge in [-0.25, -0.2) is 9.97 Å². The molecular weight excluding hydrogens is 290 g/mol. The van der Waals surface area contributed by atoms with Gasteiger partial charge in [0.25, 0.3) is 5.69 Å². The van der Waals surface area contributed by atoms with Crippen LogP contribution in [0.15, 0.2) is 24.5 Å². The molecule has 7 nitrogen and oxygen atoms in total. The number of nitro groups is 1. The Morgan fingerprint density at radius 2 is 2.29 bits per heavy atom. The summed E-state index contributed by atoms with van der Waals surface area (Å²) in [5, 5.41) is 15.3. The zero-order chi connectivity index (χ0) is 15.0. The molecule has 0 aliphatic rings. The van der Waals surface area contributed by atoms with Gasteiger partial charge in [0.05, 0.1) is 26.2 Å². The van der Waals surface area contributed by atoms with Crippen LogP contribution in [0.1, 0.15) is 23.8 Å². The predicted octanol–water partition coefficient (Wildman–Crippen LogP) is 3.41. The highest BCUT2D eigenvalue weighted by Crippen LogP contribution is 2.34. The first-order chi connectivity index (χ1) is 10.0. The van der Waals surface area contributed by atoms with Crippen molar-refractivity contribution in [3.05, 3.63) is 45.5 Å². The fourth-order valence-electron chi connectivity index (χ4n) is 2.16. The second kappa shape index (κ2) is 5.13. The van der Waals surface area contributed by atoms with Crippen LogP contribution < -0.4 is 5.32 Å². The van der Waals surface area contributed by atoms with Gasteiger partial charge < -0.3 is 10.3 Å². The van der Waals surface area contributed by atoms with Gasteiger partial charge >= 0.3 is 0 Å². The lowest BCUT2D eigenvalue weighted by molar-refractivity contribution is -0.383. The first-order valence-corrected chi connectivity index (χ1v) is 7.17. The highest BCUT2D eigenvalue weighted by molar-refractivity contribution is 7.18. The Labute approximate surface area is 124 Å². The Morgan fingerprint density at radius 1 is 1.48 bits per heavy atom. The maximum Gasteiger partial charge on any atom is 0.293 e. The van der Waals surface area contributed by atoms with Gasteiger partial charge in [-0.2, -0.15) is 0 Å². The molecule has 1 atom stereocenters.